The number of aliphatic hydroxyl groups excluding tert-OH is 1. The molecule has 0 bridgehead atoms. The molecule has 6 heteroatoms. The smallest absolute Gasteiger partial charge is 0.240 e. The topological polar surface area (TPSA) is 66.4 Å². The normalized spacial score (nSPS) is 17.7. The van der Waals surface area contributed by atoms with Crippen LogP contribution in [0.15, 0.2) is 29.2 Å². The minimum absolute atomic E-state index is 0.149. The van der Waals surface area contributed by atoms with E-state index in [2.05, 4.69) is 4.72 Å². The van der Waals surface area contributed by atoms with Crippen molar-refractivity contribution in [2.45, 2.75) is 30.3 Å². The maximum absolute atomic E-state index is 11.9. The van der Waals surface area contributed by atoms with Crippen molar-refractivity contribution in [2.24, 2.45) is 5.92 Å². The standard InChI is InChI=1S/C12H16ClNO3S/c13-10-2-1-3-11(8-10)18(16,17)14-7-6-12(15)9-4-5-9/h1-3,8-9,12,14-15H,4-7H2/t12-/m1/s1. The van der Waals surface area contributed by atoms with Crippen molar-refractivity contribution in [1.29, 1.82) is 0 Å². The lowest BCUT2D eigenvalue weighted by atomic mass is 10.2. The molecule has 0 unspecified atom stereocenters. The van der Waals surface area contributed by atoms with Gasteiger partial charge in [0, 0.05) is 11.6 Å². The molecule has 0 radical (unpaired) electrons. The molecule has 100 valence electrons. The maximum Gasteiger partial charge on any atom is 0.240 e. The first-order valence-corrected chi connectivity index (χ1v) is 7.78. The fourth-order valence-electron chi connectivity index (χ4n) is 1.78. The van der Waals surface area contributed by atoms with Crippen LogP contribution < -0.4 is 4.72 Å². The summed E-state index contributed by atoms with van der Waals surface area (Å²) >= 11 is 5.75. The molecule has 1 atom stereocenters. The van der Waals surface area contributed by atoms with Crippen molar-refractivity contribution in [3.63, 3.8) is 0 Å². The fourth-order valence-corrected chi connectivity index (χ4v) is 3.12. The van der Waals surface area contributed by atoms with Gasteiger partial charge in [-0.3, -0.25) is 0 Å². The van der Waals surface area contributed by atoms with Gasteiger partial charge in [-0.05, 0) is 43.4 Å². The molecule has 1 saturated carbocycles. The molecule has 2 rings (SSSR count). The third kappa shape index (κ3) is 3.68. The molecule has 0 saturated heterocycles. The van der Waals surface area contributed by atoms with Crippen LogP contribution in [0.3, 0.4) is 0 Å². The van der Waals surface area contributed by atoms with Gasteiger partial charge in [0.05, 0.1) is 11.0 Å². The molecule has 2 N–H and O–H groups in total. The van der Waals surface area contributed by atoms with Crippen LogP contribution >= 0.6 is 11.6 Å². The SMILES string of the molecule is O=S(=O)(NCC[C@@H](O)C1CC1)c1cccc(Cl)c1. The average molecular weight is 290 g/mol. The number of nitrogens with one attached hydrogen (secondary N) is 1. The first-order valence-electron chi connectivity index (χ1n) is 5.92. The predicted octanol–water partition coefficient (Wildman–Crippen LogP) is 1.78. The molecular weight excluding hydrogens is 274 g/mol. The van der Waals surface area contributed by atoms with Gasteiger partial charge in [-0.25, -0.2) is 13.1 Å². The molecule has 1 aromatic carbocycles. The third-order valence-corrected chi connectivity index (χ3v) is 4.70. The highest BCUT2D eigenvalue weighted by Crippen LogP contribution is 2.33. The number of aliphatic hydroxyl groups is 1. The van der Waals surface area contributed by atoms with Gasteiger partial charge in [0.25, 0.3) is 0 Å². The van der Waals surface area contributed by atoms with Crippen molar-refractivity contribution in [1.82, 2.24) is 4.72 Å². The van der Waals surface area contributed by atoms with Crippen LogP contribution in [0.5, 0.6) is 0 Å². The van der Waals surface area contributed by atoms with Gasteiger partial charge < -0.3 is 5.11 Å². The lowest BCUT2D eigenvalue weighted by Gasteiger charge is -2.10. The fraction of sp³-hybridized carbons (Fsp3) is 0.500. The zero-order valence-electron chi connectivity index (χ0n) is 9.84. The largest absolute Gasteiger partial charge is 0.393 e. The van der Waals surface area contributed by atoms with E-state index in [-0.39, 0.29) is 11.4 Å². The number of hydrogen-bond acceptors (Lipinski definition) is 3. The van der Waals surface area contributed by atoms with Crippen LogP contribution in [0.1, 0.15) is 19.3 Å². The molecule has 0 amide bonds. The molecule has 18 heavy (non-hydrogen) atoms. The Kier molecular flexibility index (Phi) is 4.27. The lowest BCUT2D eigenvalue weighted by Crippen LogP contribution is -2.27. The van der Waals surface area contributed by atoms with E-state index in [1.54, 1.807) is 12.1 Å². The molecule has 4 nitrogen and oxygen atoms in total. The molecule has 1 fully saturated rings. The Morgan fingerprint density at radius 2 is 2.17 bits per heavy atom. The van der Waals surface area contributed by atoms with Crippen molar-refractivity contribution in [3.8, 4) is 0 Å². The maximum atomic E-state index is 11.9. The Balaban J connectivity index is 1.90. The summed E-state index contributed by atoms with van der Waals surface area (Å²) in [6.07, 6.45) is 2.14. The molecule has 0 aromatic heterocycles. The van der Waals surface area contributed by atoms with E-state index in [9.17, 15) is 13.5 Å². The monoisotopic (exact) mass is 289 g/mol. The van der Waals surface area contributed by atoms with Gasteiger partial charge in [0.2, 0.25) is 10.0 Å². The molecule has 0 spiro atoms. The minimum atomic E-state index is -3.53. The average Bonchev–Trinajstić information content (AvgIpc) is 3.12. The van der Waals surface area contributed by atoms with E-state index in [0.717, 1.165) is 12.8 Å². The van der Waals surface area contributed by atoms with Crippen LogP contribution in [-0.4, -0.2) is 26.2 Å². The van der Waals surface area contributed by atoms with Crippen LogP contribution in [0.25, 0.3) is 0 Å². The van der Waals surface area contributed by atoms with E-state index in [1.807, 2.05) is 0 Å². The summed E-state index contributed by atoms with van der Waals surface area (Å²) in [6, 6.07) is 6.11. The second-order valence-electron chi connectivity index (χ2n) is 4.55. The van der Waals surface area contributed by atoms with Crippen LogP contribution in [-0.2, 0) is 10.0 Å². The third-order valence-electron chi connectivity index (χ3n) is 3.00. The first kappa shape index (κ1) is 13.8. The highest BCUT2D eigenvalue weighted by Gasteiger charge is 2.29. The Labute approximate surface area is 112 Å². The summed E-state index contributed by atoms with van der Waals surface area (Å²) in [7, 11) is -3.53. The summed E-state index contributed by atoms with van der Waals surface area (Å²) in [6.45, 7) is 0.243. The van der Waals surface area contributed by atoms with E-state index < -0.39 is 16.1 Å². The van der Waals surface area contributed by atoms with Crippen molar-refractivity contribution in [2.75, 3.05) is 6.54 Å². The van der Waals surface area contributed by atoms with Gasteiger partial charge in [-0.1, -0.05) is 17.7 Å². The minimum Gasteiger partial charge on any atom is -0.393 e. The van der Waals surface area contributed by atoms with Crippen LogP contribution in [0.4, 0.5) is 0 Å². The highest BCUT2D eigenvalue weighted by atomic mass is 35.5. The van der Waals surface area contributed by atoms with E-state index in [1.165, 1.54) is 12.1 Å². The zero-order valence-corrected chi connectivity index (χ0v) is 11.4. The molecular formula is C12H16ClNO3S. The predicted molar refractivity (Wildman–Crippen MR) is 70.0 cm³/mol. The number of rotatable bonds is 6. The van der Waals surface area contributed by atoms with Gasteiger partial charge in [-0.15, -0.1) is 0 Å². The van der Waals surface area contributed by atoms with Crippen LogP contribution in [0.2, 0.25) is 5.02 Å². The molecule has 1 aliphatic rings. The van der Waals surface area contributed by atoms with Crippen LogP contribution in [0, 0.1) is 5.92 Å². The number of benzene rings is 1. The zero-order chi connectivity index (χ0) is 13.2. The first-order chi connectivity index (χ1) is 8.49. The van der Waals surface area contributed by atoms with Crippen molar-refractivity contribution < 1.29 is 13.5 Å². The number of sulfonamides is 1. The van der Waals surface area contributed by atoms with Gasteiger partial charge in [0.15, 0.2) is 0 Å². The summed E-state index contributed by atoms with van der Waals surface area (Å²) in [5.74, 6) is 0.362. The molecule has 1 aromatic rings. The Morgan fingerprint density at radius 1 is 1.44 bits per heavy atom. The molecule has 0 aliphatic heterocycles. The van der Waals surface area contributed by atoms with Crippen molar-refractivity contribution >= 4 is 21.6 Å². The Morgan fingerprint density at radius 3 is 2.78 bits per heavy atom. The Bertz CT molecular complexity index is 514. The molecule has 1 aliphatic carbocycles. The second-order valence-corrected chi connectivity index (χ2v) is 6.75. The van der Waals surface area contributed by atoms with Crippen molar-refractivity contribution in [3.05, 3.63) is 29.3 Å². The van der Waals surface area contributed by atoms with Gasteiger partial charge >= 0.3 is 0 Å². The quantitative estimate of drug-likeness (QED) is 0.839. The number of hydrogen-bond donors (Lipinski definition) is 2. The second kappa shape index (κ2) is 5.57. The number of halogens is 1. The summed E-state index contributed by atoms with van der Waals surface area (Å²) in [5.41, 5.74) is 0. The summed E-state index contributed by atoms with van der Waals surface area (Å²) in [4.78, 5) is 0.149. The highest BCUT2D eigenvalue weighted by molar-refractivity contribution is 7.89. The lowest BCUT2D eigenvalue weighted by molar-refractivity contribution is 0.143. The van der Waals surface area contributed by atoms with Gasteiger partial charge in [-0.2, -0.15) is 0 Å². The van der Waals surface area contributed by atoms with Gasteiger partial charge in [0.1, 0.15) is 0 Å². The summed E-state index contributed by atoms with van der Waals surface area (Å²) < 4.78 is 26.3. The summed E-state index contributed by atoms with van der Waals surface area (Å²) in [5, 5.41) is 10.0. The van der Waals surface area contributed by atoms with E-state index >= 15 is 0 Å². The van der Waals surface area contributed by atoms with E-state index in [4.69, 9.17) is 11.6 Å². The van der Waals surface area contributed by atoms with E-state index in [0.29, 0.717) is 17.4 Å². The Hall–Kier alpha value is -0.620. The molecule has 0 heterocycles.